The van der Waals surface area contributed by atoms with Crippen LogP contribution in [0.4, 0.5) is 4.39 Å². The van der Waals surface area contributed by atoms with Crippen molar-refractivity contribution in [3.8, 4) is 17.2 Å². The van der Waals surface area contributed by atoms with Crippen LogP contribution >= 0.6 is 12.4 Å². The molecule has 2 aromatic rings. The third kappa shape index (κ3) is 2.36. The van der Waals surface area contributed by atoms with Gasteiger partial charge in [-0.1, -0.05) is 5.16 Å². The van der Waals surface area contributed by atoms with E-state index in [0.717, 1.165) is 19.3 Å². The highest BCUT2D eigenvalue weighted by Crippen LogP contribution is 2.37. The number of ether oxygens (including phenoxy) is 1. The molecule has 0 radical (unpaired) electrons. The minimum atomic E-state index is -0.479. The minimum Gasteiger partial charge on any atom is -0.494 e. The summed E-state index contributed by atoms with van der Waals surface area (Å²) >= 11 is 0. The molecule has 0 spiro atoms. The van der Waals surface area contributed by atoms with Crippen LogP contribution in [-0.4, -0.2) is 17.3 Å². The van der Waals surface area contributed by atoms with Gasteiger partial charge in [0.2, 0.25) is 0 Å². The van der Waals surface area contributed by atoms with Crippen LogP contribution in [0.1, 0.15) is 25.1 Å². The van der Waals surface area contributed by atoms with Crippen molar-refractivity contribution in [1.29, 1.82) is 0 Å². The number of halogens is 2. The Morgan fingerprint density at radius 2 is 2.15 bits per heavy atom. The highest BCUT2D eigenvalue weighted by Gasteiger charge is 2.39. The summed E-state index contributed by atoms with van der Waals surface area (Å²) in [5.41, 5.74) is 6.15. The number of nitrogens with zero attached hydrogens (tertiary/aromatic N) is 2. The number of benzene rings is 1. The fourth-order valence-corrected chi connectivity index (χ4v) is 2.12. The van der Waals surface area contributed by atoms with E-state index in [1.54, 1.807) is 6.07 Å². The van der Waals surface area contributed by atoms with Crippen molar-refractivity contribution >= 4 is 12.4 Å². The van der Waals surface area contributed by atoms with E-state index < -0.39 is 11.4 Å². The predicted octanol–water partition coefficient (Wildman–Crippen LogP) is 2.64. The molecule has 0 aliphatic heterocycles. The van der Waals surface area contributed by atoms with E-state index in [1.165, 1.54) is 19.2 Å². The topological polar surface area (TPSA) is 74.2 Å². The fourth-order valence-electron chi connectivity index (χ4n) is 2.12. The van der Waals surface area contributed by atoms with Gasteiger partial charge in [0.05, 0.1) is 12.6 Å². The molecule has 3 rings (SSSR count). The highest BCUT2D eigenvalue weighted by atomic mass is 35.5. The first-order chi connectivity index (χ1) is 9.12. The van der Waals surface area contributed by atoms with Gasteiger partial charge >= 0.3 is 0 Å². The van der Waals surface area contributed by atoms with Gasteiger partial charge in [-0.3, -0.25) is 0 Å². The van der Waals surface area contributed by atoms with Crippen molar-refractivity contribution in [1.82, 2.24) is 10.1 Å². The number of methoxy groups -OCH3 is 1. The van der Waals surface area contributed by atoms with Crippen LogP contribution in [0.5, 0.6) is 5.75 Å². The van der Waals surface area contributed by atoms with Crippen molar-refractivity contribution < 1.29 is 13.7 Å². The van der Waals surface area contributed by atoms with Crippen molar-refractivity contribution in [2.45, 2.75) is 24.8 Å². The van der Waals surface area contributed by atoms with E-state index in [1.807, 2.05) is 0 Å². The Bertz CT molecular complexity index is 613. The Kier molecular flexibility index (Phi) is 3.96. The number of rotatable bonds is 3. The van der Waals surface area contributed by atoms with Crippen molar-refractivity contribution in [3.63, 3.8) is 0 Å². The molecule has 0 bridgehead atoms. The SMILES string of the molecule is COc1ccc(-c2nc(C3(N)CCC3)no2)cc1F.Cl. The molecule has 2 N–H and O–H groups in total. The Morgan fingerprint density at radius 1 is 1.40 bits per heavy atom. The molecule has 5 nitrogen and oxygen atoms in total. The van der Waals surface area contributed by atoms with E-state index in [4.69, 9.17) is 15.0 Å². The Labute approximate surface area is 121 Å². The minimum absolute atomic E-state index is 0. The van der Waals surface area contributed by atoms with Gasteiger partial charge in [-0.15, -0.1) is 12.4 Å². The molecular weight excluding hydrogens is 285 g/mol. The van der Waals surface area contributed by atoms with Gasteiger partial charge in [0, 0.05) is 5.56 Å². The van der Waals surface area contributed by atoms with Gasteiger partial charge < -0.3 is 15.0 Å². The summed E-state index contributed by atoms with van der Waals surface area (Å²) < 4.78 is 23.6. The van der Waals surface area contributed by atoms with E-state index in [-0.39, 0.29) is 24.0 Å². The zero-order valence-corrected chi connectivity index (χ0v) is 11.7. The molecule has 1 aromatic heterocycles. The lowest BCUT2D eigenvalue weighted by Crippen LogP contribution is -2.44. The fraction of sp³-hybridized carbons (Fsp3) is 0.385. The van der Waals surface area contributed by atoms with Crippen molar-refractivity contribution in [3.05, 3.63) is 29.8 Å². The van der Waals surface area contributed by atoms with Gasteiger partial charge in [0.1, 0.15) is 0 Å². The molecule has 1 aliphatic carbocycles. The van der Waals surface area contributed by atoms with Crippen LogP contribution < -0.4 is 10.5 Å². The Morgan fingerprint density at radius 3 is 2.70 bits per heavy atom. The lowest BCUT2D eigenvalue weighted by molar-refractivity contribution is 0.229. The zero-order chi connectivity index (χ0) is 13.5. The molecule has 0 unspecified atom stereocenters. The molecule has 108 valence electrons. The molecule has 20 heavy (non-hydrogen) atoms. The van der Waals surface area contributed by atoms with Crippen LogP contribution in [0.3, 0.4) is 0 Å². The second kappa shape index (κ2) is 5.38. The molecule has 0 amide bonds. The summed E-state index contributed by atoms with van der Waals surface area (Å²) in [6, 6.07) is 4.50. The summed E-state index contributed by atoms with van der Waals surface area (Å²) in [5.74, 6) is 0.474. The van der Waals surface area contributed by atoms with Crippen LogP contribution in [0.2, 0.25) is 0 Å². The lowest BCUT2D eigenvalue weighted by atomic mass is 9.77. The predicted molar refractivity (Wildman–Crippen MR) is 73.2 cm³/mol. The molecule has 1 saturated carbocycles. The summed E-state index contributed by atoms with van der Waals surface area (Å²) in [5, 5.41) is 3.89. The maximum Gasteiger partial charge on any atom is 0.258 e. The third-order valence-electron chi connectivity index (χ3n) is 3.52. The standard InChI is InChI=1S/C13H14FN3O2.ClH/c1-18-10-4-3-8(7-9(10)14)11-16-12(17-19-11)13(15)5-2-6-13;/h3-4,7H,2,5-6,15H2,1H3;1H. The molecule has 1 aromatic carbocycles. The summed E-state index contributed by atoms with van der Waals surface area (Å²) in [6.45, 7) is 0. The molecule has 0 atom stereocenters. The Hall–Kier alpha value is -1.66. The van der Waals surface area contributed by atoms with E-state index in [9.17, 15) is 4.39 Å². The van der Waals surface area contributed by atoms with E-state index in [2.05, 4.69) is 10.1 Å². The van der Waals surface area contributed by atoms with E-state index in [0.29, 0.717) is 11.4 Å². The smallest absolute Gasteiger partial charge is 0.258 e. The van der Waals surface area contributed by atoms with Gasteiger partial charge in [-0.05, 0) is 37.5 Å². The van der Waals surface area contributed by atoms with Crippen molar-refractivity contribution in [2.24, 2.45) is 5.73 Å². The molecular formula is C13H15ClFN3O2. The first-order valence-corrected chi connectivity index (χ1v) is 6.09. The molecule has 1 aliphatic rings. The van der Waals surface area contributed by atoms with Gasteiger partial charge in [-0.2, -0.15) is 4.98 Å². The maximum atomic E-state index is 13.6. The number of hydrogen-bond acceptors (Lipinski definition) is 5. The average Bonchev–Trinajstić information content (AvgIpc) is 2.85. The van der Waals surface area contributed by atoms with Crippen molar-refractivity contribution in [2.75, 3.05) is 7.11 Å². The second-order valence-corrected chi connectivity index (χ2v) is 4.78. The summed E-state index contributed by atoms with van der Waals surface area (Å²) in [4.78, 5) is 4.26. The molecule has 0 saturated heterocycles. The van der Waals surface area contributed by atoms with Gasteiger partial charge in [0.15, 0.2) is 17.4 Å². The Balaban J connectivity index is 0.00000147. The van der Waals surface area contributed by atoms with Gasteiger partial charge in [0.25, 0.3) is 5.89 Å². The quantitative estimate of drug-likeness (QED) is 0.943. The van der Waals surface area contributed by atoms with Crippen LogP contribution in [0.25, 0.3) is 11.5 Å². The zero-order valence-electron chi connectivity index (χ0n) is 10.9. The van der Waals surface area contributed by atoms with Gasteiger partial charge in [-0.25, -0.2) is 4.39 Å². The monoisotopic (exact) mass is 299 g/mol. The lowest BCUT2D eigenvalue weighted by Gasteiger charge is -2.34. The normalized spacial score (nSPS) is 16.1. The molecule has 1 heterocycles. The third-order valence-corrected chi connectivity index (χ3v) is 3.52. The number of aromatic nitrogens is 2. The largest absolute Gasteiger partial charge is 0.494 e. The first-order valence-electron chi connectivity index (χ1n) is 6.09. The first kappa shape index (κ1) is 14.7. The van der Waals surface area contributed by atoms with E-state index >= 15 is 0 Å². The van der Waals surface area contributed by atoms with Crippen LogP contribution in [-0.2, 0) is 5.54 Å². The number of hydrogen-bond donors (Lipinski definition) is 1. The number of nitrogens with two attached hydrogens (primary N) is 1. The van der Waals surface area contributed by atoms with Crippen LogP contribution in [0.15, 0.2) is 22.7 Å². The average molecular weight is 300 g/mol. The second-order valence-electron chi connectivity index (χ2n) is 4.78. The molecule has 7 heteroatoms. The summed E-state index contributed by atoms with van der Waals surface area (Å²) in [7, 11) is 1.41. The highest BCUT2D eigenvalue weighted by molar-refractivity contribution is 5.85. The van der Waals surface area contributed by atoms with Crippen LogP contribution in [0, 0.1) is 5.82 Å². The molecule has 1 fully saturated rings. The maximum absolute atomic E-state index is 13.6. The summed E-state index contributed by atoms with van der Waals surface area (Å²) in [6.07, 6.45) is 2.77.